The Labute approximate surface area is 135 Å². The molecule has 1 aromatic carbocycles. The Hall–Kier alpha value is -0.770. The molecule has 1 fully saturated rings. The van der Waals surface area contributed by atoms with Gasteiger partial charge in [-0.1, -0.05) is 35.3 Å². The molecular weight excluding hydrogens is 309 g/mol. The molecule has 1 aliphatic rings. The summed E-state index contributed by atoms with van der Waals surface area (Å²) in [7, 11) is 0. The number of piperidine rings is 1. The smallest absolute Gasteiger partial charge is 0.222 e. The molecule has 0 saturated carbocycles. The molecule has 5 heteroatoms. The van der Waals surface area contributed by atoms with Crippen molar-refractivity contribution in [1.82, 2.24) is 4.90 Å². The number of carbonyl (C=O) groups excluding carboxylic acids is 1. The molecule has 1 heterocycles. The summed E-state index contributed by atoms with van der Waals surface area (Å²) in [5.41, 5.74) is 0.904. The first-order valence-electron chi connectivity index (χ1n) is 7.37. The van der Waals surface area contributed by atoms with Crippen molar-refractivity contribution < 1.29 is 9.90 Å². The number of likely N-dealkylation sites (tertiary alicyclic amines) is 1. The van der Waals surface area contributed by atoms with Crippen LogP contribution in [-0.2, 0) is 11.2 Å². The van der Waals surface area contributed by atoms with Gasteiger partial charge < -0.3 is 10.0 Å². The topological polar surface area (TPSA) is 40.5 Å². The number of aryl methyl sites for hydroxylation is 1. The average Bonchev–Trinajstić information content (AvgIpc) is 2.48. The minimum Gasteiger partial charge on any atom is -0.393 e. The van der Waals surface area contributed by atoms with Gasteiger partial charge in [0, 0.05) is 25.4 Å². The lowest BCUT2D eigenvalue weighted by atomic mass is 9.93. The van der Waals surface area contributed by atoms with Crippen LogP contribution in [0.25, 0.3) is 0 Å². The highest BCUT2D eigenvalue weighted by Crippen LogP contribution is 2.27. The van der Waals surface area contributed by atoms with E-state index < -0.39 is 0 Å². The fourth-order valence-electron chi connectivity index (χ4n) is 2.77. The Morgan fingerprint density at radius 1 is 1.48 bits per heavy atom. The number of rotatable bonds is 4. The SMILES string of the molecule is CC(O)C1CCCN(C(=O)CCc2cccc(Cl)c2Cl)C1. The third-order valence-electron chi connectivity index (χ3n) is 4.13. The number of aliphatic hydroxyl groups excluding tert-OH is 1. The molecule has 1 saturated heterocycles. The summed E-state index contributed by atoms with van der Waals surface area (Å²) in [5, 5.41) is 10.7. The van der Waals surface area contributed by atoms with E-state index in [-0.39, 0.29) is 17.9 Å². The molecule has 2 atom stereocenters. The van der Waals surface area contributed by atoms with E-state index in [1.807, 2.05) is 17.0 Å². The van der Waals surface area contributed by atoms with Crippen molar-refractivity contribution in [3.8, 4) is 0 Å². The monoisotopic (exact) mass is 329 g/mol. The number of hydrogen-bond acceptors (Lipinski definition) is 2. The average molecular weight is 330 g/mol. The zero-order valence-corrected chi connectivity index (χ0v) is 13.7. The van der Waals surface area contributed by atoms with E-state index in [4.69, 9.17) is 23.2 Å². The van der Waals surface area contributed by atoms with Gasteiger partial charge in [-0.05, 0) is 37.8 Å². The Morgan fingerprint density at radius 3 is 2.95 bits per heavy atom. The second-order valence-electron chi connectivity index (χ2n) is 5.70. The lowest BCUT2D eigenvalue weighted by molar-refractivity contribution is -0.133. The molecule has 2 rings (SSSR count). The normalized spacial score (nSPS) is 20.4. The summed E-state index contributed by atoms with van der Waals surface area (Å²) < 4.78 is 0. The van der Waals surface area contributed by atoms with Gasteiger partial charge in [0.1, 0.15) is 0 Å². The first kappa shape index (κ1) is 16.6. The summed E-state index contributed by atoms with van der Waals surface area (Å²) in [6.45, 7) is 3.23. The number of benzene rings is 1. The molecule has 0 aromatic heterocycles. The van der Waals surface area contributed by atoms with Crippen LogP contribution in [0.5, 0.6) is 0 Å². The van der Waals surface area contributed by atoms with Crippen molar-refractivity contribution in [2.75, 3.05) is 13.1 Å². The summed E-state index contributed by atoms with van der Waals surface area (Å²) in [6.07, 6.45) is 2.60. The maximum atomic E-state index is 12.3. The molecule has 116 valence electrons. The predicted molar refractivity (Wildman–Crippen MR) is 85.8 cm³/mol. The van der Waals surface area contributed by atoms with E-state index in [1.165, 1.54) is 0 Å². The summed E-state index contributed by atoms with van der Waals surface area (Å²) in [4.78, 5) is 14.2. The van der Waals surface area contributed by atoms with Crippen molar-refractivity contribution in [1.29, 1.82) is 0 Å². The number of halogens is 2. The van der Waals surface area contributed by atoms with Gasteiger partial charge in [-0.25, -0.2) is 0 Å². The van der Waals surface area contributed by atoms with Crippen molar-refractivity contribution in [2.24, 2.45) is 5.92 Å². The maximum absolute atomic E-state index is 12.3. The largest absolute Gasteiger partial charge is 0.393 e. The van der Waals surface area contributed by atoms with Crippen LogP contribution < -0.4 is 0 Å². The predicted octanol–water partition coefficient (Wildman–Crippen LogP) is 3.55. The molecule has 1 aliphatic heterocycles. The highest BCUT2D eigenvalue weighted by molar-refractivity contribution is 6.42. The maximum Gasteiger partial charge on any atom is 0.222 e. The van der Waals surface area contributed by atoms with Crippen molar-refractivity contribution in [3.05, 3.63) is 33.8 Å². The second-order valence-corrected chi connectivity index (χ2v) is 6.48. The van der Waals surface area contributed by atoms with Crippen molar-refractivity contribution in [3.63, 3.8) is 0 Å². The standard InChI is InChI=1S/C16H21Cl2NO2/c1-11(20)13-5-3-9-19(10-13)15(21)8-7-12-4-2-6-14(17)16(12)18/h2,4,6,11,13,20H,3,5,7-10H2,1H3. The molecule has 1 amide bonds. The molecule has 1 N–H and O–H groups in total. The van der Waals surface area contributed by atoms with Crippen LogP contribution in [0.1, 0.15) is 31.7 Å². The van der Waals surface area contributed by atoms with Gasteiger partial charge >= 0.3 is 0 Å². The highest BCUT2D eigenvalue weighted by Gasteiger charge is 2.26. The van der Waals surface area contributed by atoms with E-state index in [9.17, 15) is 9.90 Å². The molecule has 3 nitrogen and oxygen atoms in total. The van der Waals surface area contributed by atoms with Gasteiger partial charge in [0.2, 0.25) is 5.91 Å². The van der Waals surface area contributed by atoms with Gasteiger partial charge in [0.25, 0.3) is 0 Å². The molecular formula is C16H21Cl2NO2. The minimum absolute atomic E-state index is 0.122. The minimum atomic E-state index is -0.358. The van der Waals surface area contributed by atoms with Crippen LogP contribution in [0, 0.1) is 5.92 Å². The molecule has 0 radical (unpaired) electrons. The number of amides is 1. The van der Waals surface area contributed by atoms with E-state index in [1.54, 1.807) is 13.0 Å². The highest BCUT2D eigenvalue weighted by atomic mass is 35.5. The molecule has 1 aromatic rings. The van der Waals surface area contributed by atoms with Gasteiger partial charge in [0.05, 0.1) is 16.1 Å². The van der Waals surface area contributed by atoms with Crippen molar-refractivity contribution >= 4 is 29.1 Å². The van der Waals surface area contributed by atoms with Crippen LogP contribution in [0.2, 0.25) is 10.0 Å². The summed E-state index contributed by atoms with van der Waals surface area (Å²) >= 11 is 12.1. The first-order valence-corrected chi connectivity index (χ1v) is 8.13. The summed E-state index contributed by atoms with van der Waals surface area (Å²) in [6, 6.07) is 5.49. The van der Waals surface area contributed by atoms with Crippen molar-refractivity contribution in [2.45, 2.75) is 38.7 Å². The van der Waals surface area contributed by atoms with E-state index in [2.05, 4.69) is 0 Å². The first-order chi connectivity index (χ1) is 9.99. The molecule has 2 unspecified atom stereocenters. The molecule has 0 aliphatic carbocycles. The number of hydrogen-bond donors (Lipinski definition) is 1. The van der Waals surface area contributed by atoms with Crippen LogP contribution >= 0.6 is 23.2 Å². The van der Waals surface area contributed by atoms with Gasteiger partial charge in [-0.3, -0.25) is 4.79 Å². The second kappa shape index (κ2) is 7.48. The third-order valence-corrected chi connectivity index (χ3v) is 4.99. The molecule has 21 heavy (non-hydrogen) atoms. The van der Waals surface area contributed by atoms with Crippen LogP contribution in [0.15, 0.2) is 18.2 Å². The quantitative estimate of drug-likeness (QED) is 0.917. The van der Waals surface area contributed by atoms with E-state index in [0.29, 0.717) is 29.4 Å². The van der Waals surface area contributed by atoms with Gasteiger partial charge in [0.15, 0.2) is 0 Å². The lowest BCUT2D eigenvalue weighted by Gasteiger charge is -2.34. The zero-order valence-electron chi connectivity index (χ0n) is 12.2. The fourth-order valence-corrected chi connectivity index (χ4v) is 3.19. The Morgan fingerprint density at radius 2 is 2.24 bits per heavy atom. The van der Waals surface area contributed by atoms with E-state index >= 15 is 0 Å². The number of nitrogens with zero attached hydrogens (tertiary/aromatic N) is 1. The number of aliphatic hydroxyl groups is 1. The van der Waals surface area contributed by atoms with Crippen LogP contribution in [0.4, 0.5) is 0 Å². The van der Waals surface area contributed by atoms with E-state index in [0.717, 1.165) is 24.9 Å². The summed E-state index contributed by atoms with van der Waals surface area (Å²) in [5.74, 6) is 0.314. The third kappa shape index (κ3) is 4.35. The van der Waals surface area contributed by atoms with Crippen LogP contribution in [0.3, 0.4) is 0 Å². The Bertz CT molecular complexity index is 505. The molecule has 0 bridgehead atoms. The molecule has 0 spiro atoms. The zero-order chi connectivity index (χ0) is 15.4. The van der Waals surface area contributed by atoms with Gasteiger partial charge in [-0.2, -0.15) is 0 Å². The Kier molecular flexibility index (Phi) is 5.91. The number of carbonyl (C=O) groups is 1. The van der Waals surface area contributed by atoms with Gasteiger partial charge in [-0.15, -0.1) is 0 Å². The Balaban J connectivity index is 1.91. The fraction of sp³-hybridized carbons (Fsp3) is 0.562. The lowest BCUT2D eigenvalue weighted by Crippen LogP contribution is -2.43. The van der Waals surface area contributed by atoms with Crippen LogP contribution in [-0.4, -0.2) is 35.1 Å².